The lowest BCUT2D eigenvalue weighted by Crippen LogP contribution is -2.52. The van der Waals surface area contributed by atoms with Gasteiger partial charge in [-0.1, -0.05) is 19.1 Å². The molecule has 3 aliphatic heterocycles. The molecule has 2 amide bonds. The zero-order valence-electron chi connectivity index (χ0n) is 17.8. The lowest BCUT2D eigenvalue weighted by Gasteiger charge is -2.36. The summed E-state index contributed by atoms with van der Waals surface area (Å²) in [6.07, 6.45) is 6.96. The Morgan fingerprint density at radius 3 is 2.57 bits per heavy atom. The van der Waals surface area contributed by atoms with Gasteiger partial charge in [0.25, 0.3) is 5.56 Å². The fraction of sp³-hybridized carbons (Fsp3) is 0.609. The number of nitrogens with zero attached hydrogens (tertiary/aromatic N) is 3. The average molecular weight is 414 g/mol. The minimum atomic E-state index is -0.658. The monoisotopic (exact) mass is 413 g/mol. The van der Waals surface area contributed by atoms with Crippen LogP contribution >= 0.6 is 0 Å². The average Bonchev–Trinajstić information content (AvgIpc) is 3.30. The summed E-state index contributed by atoms with van der Waals surface area (Å²) in [7, 11) is 0. The van der Waals surface area contributed by atoms with Gasteiger partial charge in [0.05, 0.1) is 6.04 Å². The Morgan fingerprint density at radius 1 is 1.20 bits per heavy atom. The second-order valence-corrected chi connectivity index (χ2v) is 8.57. The molecule has 4 heterocycles. The highest BCUT2D eigenvalue weighted by atomic mass is 16.3. The van der Waals surface area contributed by atoms with Gasteiger partial charge in [0.1, 0.15) is 6.04 Å². The van der Waals surface area contributed by atoms with Crippen molar-refractivity contribution in [1.82, 2.24) is 14.4 Å². The molecule has 1 N–H and O–H groups in total. The van der Waals surface area contributed by atoms with Gasteiger partial charge in [0.15, 0.2) is 0 Å². The molecule has 0 unspecified atom stereocenters. The summed E-state index contributed by atoms with van der Waals surface area (Å²) in [5, 5.41) is 10.3. The van der Waals surface area contributed by atoms with Crippen LogP contribution in [-0.4, -0.2) is 57.0 Å². The van der Waals surface area contributed by atoms with Crippen LogP contribution in [0.2, 0.25) is 0 Å². The van der Waals surface area contributed by atoms with E-state index in [2.05, 4.69) is 0 Å². The number of fused-ring (bicyclic) bond motifs is 3. The van der Waals surface area contributed by atoms with Gasteiger partial charge < -0.3 is 19.5 Å². The fourth-order valence-corrected chi connectivity index (χ4v) is 5.56. The highest BCUT2D eigenvalue weighted by molar-refractivity contribution is 5.89. The Bertz CT molecular complexity index is 916. The molecular weight excluding hydrogens is 382 g/mol. The van der Waals surface area contributed by atoms with Crippen molar-refractivity contribution in [3.8, 4) is 0 Å². The summed E-state index contributed by atoms with van der Waals surface area (Å²) in [6, 6.07) is 2.69. The van der Waals surface area contributed by atoms with Crippen molar-refractivity contribution >= 4 is 17.9 Å². The van der Waals surface area contributed by atoms with E-state index in [0.29, 0.717) is 25.2 Å². The molecule has 0 bridgehead atoms. The van der Waals surface area contributed by atoms with Crippen molar-refractivity contribution in [2.75, 3.05) is 19.7 Å². The van der Waals surface area contributed by atoms with Gasteiger partial charge in [0.2, 0.25) is 11.8 Å². The summed E-state index contributed by atoms with van der Waals surface area (Å²) in [4.78, 5) is 43.1. The van der Waals surface area contributed by atoms with Crippen molar-refractivity contribution < 1.29 is 14.7 Å². The molecule has 2 saturated heterocycles. The zero-order valence-corrected chi connectivity index (χ0v) is 17.8. The van der Waals surface area contributed by atoms with Gasteiger partial charge in [-0.3, -0.25) is 14.4 Å². The van der Waals surface area contributed by atoms with Gasteiger partial charge in [-0.2, -0.15) is 0 Å². The maximum absolute atomic E-state index is 13.5. The lowest BCUT2D eigenvalue weighted by molar-refractivity contribution is -0.147. The van der Waals surface area contributed by atoms with E-state index in [0.717, 1.165) is 25.0 Å². The Hall–Kier alpha value is -2.41. The molecule has 7 heteroatoms. The van der Waals surface area contributed by atoms with Crippen molar-refractivity contribution in [3.63, 3.8) is 0 Å². The maximum Gasteiger partial charge on any atom is 0.258 e. The number of hydrogen-bond donors (Lipinski definition) is 1. The molecule has 0 aromatic carbocycles. The number of pyridine rings is 1. The number of allylic oxidation sites excluding steroid dienone is 1. The SMILES string of the molecule is C/C=C/c1ccc2n(c1=O)C[C@H]1[C@H](CO)[C@@H](C(=O)N3CCCCC3)N(C(=O)CC)[C@@H]21. The normalized spacial score (nSPS) is 28.1. The van der Waals surface area contributed by atoms with Crippen LogP contribution in [0.5, 0.6) is 0 Å². The molecule has 0 spiro atoms. The number of carbonyl (C=O) groups excluding carboxylic acids is 2. The largest absolute Gasteiger partial charge is 0.396 e. The lowest BCUT2D eigenvalue weighted by atomic mass is 9.88. The van der Waals surface area contributed by atoms with Crippen LogP contribution in [0.1, 0.15) is 56.8 Å². The van der Waals surface area contributed by atoms with Crippen molar-refractivity contribution in [1.29, 1.82) is 0 Å². The molecule has 1 aromatic rings. The van der Waals surface area contributed by atoms with Crippen LogP contribution in [0.15, 0.2) is 23.0 Å². The molecule has 30 heavy (non-hydrogen) atoms. The Balaban J connectivity index is 1.77. The van der Waals surface area contributed by atoms with Crippen molar-refractivity contribution in [3.05, 3.63) is 39.8 Å². The number of aliphatic hydroxyl groups excluding tert-OH is 1. The van der Waals surface area contributed by atoms with E-state index in [4.69, 9.17) is 0 Å². The number of amides is 2. The third-order valence-corrected chi connectivity index (χ3v) is 6.96. The second-order valence-electron chi connectivity index (χ2n) is 8.57. The molecule has 4 rings (SSSR count). The summed E-state index contributed by atoms with van der Waals surface area (Å²) in [6.45, 7) is 5.32. The summed E-state index contributed by atoms with van der Waals surface area (Å²) >= 11 is 0. The summed E-state index contributed by atoms with van der Waals surface area (Å²) in [5.74, 6) is -0.665. The molecule has 0 saturated carbocycles. The number of rotatable bonds is 4. The topological polar surface area (TPSA) is 82.8 Å². The van der Waals surface area contributed by atoms with E-state index < -0.39 is 6.04 Å². The minimum Gasteiger partial charge on any atom is -0.396 e. The third-order valence-electron chi connectivity index (χ3n) is 6.96. The number of carbonyl (C=O) groups is 2. The predicted octanol–water partition coefficient (Wildman–Crippen LogP) is 1.79. The molecule has 3 aliphatic rings. The molecule has 0 radical (unpaired) electrons. The Morgan fingerprint density at radius 2 is 1.93 bits per heavy atom. The number of aromatic nitrogens is 1. The number of piperidine rings is 1. The highest BCUT2D eigenvalue weighted by Gasteiger charge is 2.57. The Kier molecular flexibility index (Phi) is 5.82. The third kappa shape index (κ3) is 3.20. The van der Waals surface area contributed by atoms with Crippen LogP contribution in [0.25, 0.3) is 6.08 Å². The number of aliphatic hydroxyl groups is 1. The number of hydrogen-bond acceptors (Lipinski definition) is 4. The van der Waals surface area contributed by atoms with Crippen LogP contribution in [0.4, 0.5) is 0 Å². The highest BCUT2D eigenvalue weighted by Crippen LogP contribution is 2.49. The van der Waals surface area contributed by atoms with E-state index in [9.17, 15) is 19.5 Å². The minimum absolute atomic E-state index is 0.0515. The van der Waals surface area contributed by atoms with Gasteiger partial charge in [0, 0.05) is 55.8 Å². The first-order valence-corrected chi connectivity index (χ1v) is 11.1. The quantitative estimate of drug-likeness (QED) is 0.816. The van der Waals surface area contributed by atoms with Crippen LogP contribution in [0.3, 0.4) is 0 Å². The van der Waals surface area contributed by atoms with Gasteiger partial charge >= 0.3 is 0 Å². The van der Waals surface area contributed by atoms with E-state index >= 15 is 0 Å². The molecule has 4 atom stereocenters. The standard InChI is InChI=1S/C23H31N3O4/c1-3-8-15-9-10-18-20-16(13-25(18)22(15)29)17(14-27)21(26(20)19(28)4-2)23(30)24-11-6-5-7-12-24/h3,8-10,16-17,20-21,27H,4-7,11-14H2,1-2H3/b8-3+/t16-,17-,20+,21-/m0/s1. The molecule has 0 aliphatic carbocycles. The first-order chi connectivity index (χ1) is 14.5. The van der Waals surface area contributed by atoms with E-state index in [1.165, 1.54) is 0 Å². The fourth-order valence-electron chi connectivity index (χ4n) is 5.56. The van der Waals surface area contributed by atoms with E-state index in [1.807, 2.05) is 24.0 Å². The first-order valence-electron chi connectivity index (χ1n) is 11.1. The Labute approximate surface area is 177 Å². The zero-order chi connectivity index (χ0) is 21.4. The molecule has 162 valence electrons. The molecule has 2 fully saturated rings. The predicted molar refractivity (Wildman–Crippen MR) is 114 cm³/mol. The molecular formula is C23H31N3O4. The second kappa shape index (κ2) is 8.38. The maximum atomic E-state index is 13.5. The van der Waals surface area contributed by atoms with E-state index in [1.54, 1.807) is 28.5 Å². The summed E-state index contributed by atoms with van der Waals surface area (Å²) < 4.78 is 1.73. The van der Waals surface area contributed by atoms with Crippen molar-refractivity contribution in [2.45, 2.75) is 58.2 Å². The molecule has 1 aromatic heterocycles. The smallest absolute Gasteiger partial charge is 0.258 e. The van der Waals surface area contributed by atoms with Gasteiger partial charge in [-0.05, 0) is 38.3 Å². The number of likely N-dealkylation sites (tertiary alicyclic amines) is 2. The van der Waals surface area contributed by atoms with Gasteiger partial charge in [-0.15, -0.1) is 0 Å². The first kappa shape index (κ1) is 20.8. The van der Waals surface area contributed by atoms with Gasteiger partial charge in [-0.25, -0.2) is 0 Å². The summed E-state index contributed by atoms with van der Waals surface area (Å²) in [5.41, 5.74) is 1.29. The molecule has 7 nitrogen and oxygen atoms in total. The van der Waals surface area contributed by atoms with E-state index in [-0.39, 0.29) is 48.3 Å². The van der Waals surface area contributed by atoms with Crippen LogP contribution in [-0.2, 0) is 16.1 Å². The van der Waals surface area contributed by atoms with Crippen molar-refractivity contribution in [2.24, 2.45) is 11.8 Å². The van der Waals surface area contributed by atoms with Crippen LogP contribution < -0.4 is 5.56 Å². The van der Waals surface area contributed by atoms with Crippen LogP contribution in [0, 0.1) is 11.8 Å².